The molecule has 170 valence electrons. The zero-order valence-corrected chi connectivity index (χ0v) is 19.1. The van der Waals surface area contributed by atoms with Crippen LogP contribution in [0.4, 0.5) is 0 Å². The quantitative estimate of drug-likeness (QED) is 0.390. The number of amides is 3. The monoisotopic (exact) mass is 447 g/mol. The van der Waals surface area contributed by atoms with Gasteiger partial charge in [0.25, 0.3) is 0 Å². The molecule has 0 unspecified atom stereocenters. The lowest BCUT2D eigenvalue weighted by molar-refractivity contribution is -0.132. The topological polar surface area (TPSA) is 104 Å². The maximum absolute atomic E-state index is 13.0. The van der Waals surface area contributed by atoms with Gasteiger partial charge in [-0.3, -0.25) is 19.2 Å². The van der Waals surface area contributed by atoms with Crippen molar-refractivity contribution < 1.29 is 19.2 Å². The highest BCUT2D eigenvalue weighted by molar-refractivity contribution is 7.96. The van der Waals surface area contributed by atoms with E-state index in [2.05, 4.69) is 28.6 Å². The number of thiol groups is 1. The Morgan fingerprint density at radius 3 is 2.52 bits per heavy atom. The van der Waals surface area contributed by atoms with Crippen LogP contribution in [-0.4, -0.2) is 41.5 Å². The Hall–Kier alpha value is -2.35. The first-order valence-electron chi connectivity index (χ1n) is 11.0. The van der Waals surface area contributed by atoms with Crippen LogP contribution in [0.5, 0.6) is 0 Å². The number of carbonyl (C=O) groups excluding carboxylic acids is 4. The Labute approximate surface area is 189 Å². The fourth-order valence-corrected chi connectivity index (χ4v) is 3.85. The average Bonchev–Trinajstić information content (AvgIpc) is 2.77. The van der Waals surface area contributed by atoms with Gasteiger partial charge in [-0.25, -0.2) is 0 Å². The highest BCUT2D eigenvalue weighted by atomic mass is 32.1. The summed E-state index contributed by atoms with van der Waals surface area (Å²) in [5, 5.41) is 7.84. The van der Waals surface area contributed by atoms with E-state index in [1.54, 1.807) is 0 Å². The van der Waals surface area contributed by atoms with Crippen molar-refractivity contribution in [2.24, 2.45) is 11.8 Å². The summed E-state index contributed by atoms with van der Waals surface area (Å²) in [7, 11) is 0. The van der Waals surface area contributed by atoms with Gasteiger partial charge in [-0.05, 0) is 37.2 Å². The van der Waals surface area contributed by atoms with Crippen LogP contribution in [0.1, 0.15) is 51.5 Å². The summed E-state index contributed by atoms with van der Waals surface area (Å²) in [5.41, 5.74) is 1.05. The number of aryl methyl sites for hydroxylation is 1. The molecule has 1 aliphatic heterocycles. The van der Waals surface area contributed by atoms with E-state index in [4.69, 9.17) is 0 Å². The van der Waals surface area contributed by atoms with Gasteiger partial charge >= 0.3 is 0 Å². The van der Waals surface area contributed by atoms with Gasteiger partial charge in [0.2, 0.25) is 22.8 Å². The van der Waals surface area contributed by atoms with Gasteiger partial charge in [-0.1, -0.05) is 50.6 Å². The SMILES string of the molecule is CC[C@H](C)[C@H](NC(=O)CCc1ccccc1)C(=O)N[C@@H](C[C@@H]1CCCNC1=O)C(=O)S. The van der Waals surface area contributed by atoms with Crippen LogP contribution in [0.3, 0.4) is 0 Å². The van der Waals surface area contributed by atoms with Gasteiger partial charge in [-0.2, -0.15) is 0 Å². The summed E-state index contributed by atoms with van der Waals surface area (Å²) in [4.78, 5) is 49.6. The summed E-state index contributed by atoms with van der Waals surface area (Å²) in [6.07, 6.45) is 3.24. The molecule has 0 saturated carbocycles. The summed E-state index contributed by atoms with van der Waals surface area (Å²) < 4.78 is 0. The molecule has 1 aromatic rings. The van der Waals surface area contributed by atoms with Crippen LogP contribution < -0.4 is 16.0 Å². The largest absolute Gasteiger partial charge is 0.356 e. The van der Waals surface area contributed by atoms with Crippen LogP contribution in [-0.2, 0) is 25.6 Å². The molecule has 0 aliphatic carbocycles. The van der Waals surface area contributed by atoms with Gasteiger partial charge in [-0.15, -0.1) is 12.6 Å². The molecular formula is C23H33N3O4S. The van der Waals surface area contributed by atoms with Crippen LogP contribution in [0.15, 0.2) is 30.3 Å². The molecule has 1 aliphatic rings. The molecule has 4 atom stereocenters. The second-order valence-electron chi connectivity index (χ2n) is 8.18. The highest BCUT2D eigenvalue weighted by Crippen LogP contribution is 2.19. The molecule has 1 saturated heterocycles. The Morgan fingerprint density at radius 1 is 1.19 bits per heavy atom. The van der Waals surface area contributed by atoms with Crippen molar-refractivity contribution in [1.82, 2.24) is 16.0 Å². The predicted octanol–water partition coefficient (Wildman–Crippen LogP) is 2.01. The molecule has 0 aromatic heterocycles. The average molecular weight is 448 g/mol. The third-order valence-corrected chi connectivity index (χ3v) is 6.14. The van der Waals surface area contributed by atoms with E-state index in [9.17, 15) is 19.2 Å². The fraction of sp³-hybridized carbons (Fsp3) is 0.565. The molecule has 1 fully saturated rings. The van der Waals surface area contributed by atoms with Crippen LogP contribution >= 0.6 is 12.6 Å². The summed E-state index contributed by atoms with van der Waals surface area (Å²) >= 11 is 3.91. The molecular weight excluding hydrogens is 414 g/mol. The number of hydrogen-bond acceptors (Lipinski definition) is 4. The van der Waals surface area contributed by atoms with Crippen molar-refractivity contribution in [1.29, 1.82) is 0 Å². The van der Waals surface area contributed by atoms with E-state index in [-0.39, 0.29) is 36.5 Å². The van der Waals surface area contributed by atoms with Crippen molar-refractivity contribution >= 4 is 35.5 Å². The minimum absolute atomic E-state index is 0.104. The third kappa shape index (κ3) is 8.01. The smallest absolute Gasteiger partial charge is 0.243 e. The van der Waals surface area contributed by atoms with Gasteiger partial charge in [0.05, 0.1) is 6.04 Å². The van der Waals surface area contributed by atoms with Crippen LogP contribution in [0.25, 0.3) is 0 Å². The number of carbonyl (C=O) groups is 4. The van der Waals surface area contributed by atoms with Gasteiger partial charge < -0.3 is 16.0 Å². The van der Waals surface area contributed by atoms with Gasteiger partial charge in [0, 0.05) is 18.9 Å². The molecule has 2 rings (SSSR count). The molecule has 7 nitrogen and oxygen atoms in total. The molecule has 1 heterocycles. The van der Waals surface area contributed by atoms with Crippen LogP contribution in [0, 0.1) is 11.8 Å². The van der Waals surface area contributed by atoms with E-state index in [1.165, 1.54) is 0 Å². The Balaban J connectivity index is 1.98. The summed E-state index contributed by atoms with van der Waals surface area (Å²) in [5.74, 6) is -1.20. The van der Waals surface area contributed by atoms with Gasteiger partial charge in [0.1, 0.15) is 6.04 Å². The molecule has 8 heteroatoms. The molecule has 3 amide bonds. The van der Waals surface area contributed by atoms with Gasteiger partial charge in [0.15, 0.2) is 0 Å². The predicted molar refractivity (Wildman–Crippen MR) is 122 cm³/mol. The van der Waals surface area contributed by atoms with Crippen molar-refractivity contribution in [3.05, 3.63) is 35.9 Å². The van der Waals surface area contributed by atoms with E-state index in [0.29, 0.717) is 25.8 Å². The van der Waals surface area contributed by atoms with Crippen molar-refractivity contribution in [3.63, 3.8) is 0 Å². The zero-order valence-electron chi connectivity index (χ0n) is 18.2. The Morgan fingerprint density at radius 2 is 1.90 bits per heavy atom. The van der Waals surface area contributed by atoms with Crippen molar-refractivity contribution in [3.8, 4) is 0 Å². The number of rotatable bonds is 11. The summed E-state index contributed by atoms with van der Waals surface area (Å²) in [6, 6.07) is 8.03. The highest BCUT2D eigenvalue weighted by Gasteiger charge is 2.32. The normalized spacial score (nSPS) is 18.9. The lowest BCUT2D eigenvalue weighted by Crippen LogP contribution is -2.54. The standard InChI is InChI=1S/C23H33N3O4S/c1-3-15(2)20(26-19(27)12-11-16-8-5-4-6-9-16)22(29)25-18(23(30)31)14-17-10-7-13-24-21(17)28/h4-6,8-9,15,17-18,20H,3,7,10-14H2,1-2H3,(H,24,28)(H,25,29)(H,26,27)(H,30,31)/t15-,17-,18-,20-/m0/s1. The molecule has 3 N–H and O–H groups in total. The van der Waals surface area contributed by atoms with E-state index >= 15 is 0 Å². The van der Waals surface area contributed by atoms with E-state index < -0.39 is 23.1 Å². The van der Waals surface area contributed by atoms with E-state index in [1.807, 2.05) is 44.2 Å². The number of nitrogens with one attached hydrogen (secondary N) is 3. The Kier molecular flexibility index (Phi) is 10.0. The molecule has 1 aromatic carbocycles. The summed E-state index contributed by atoms with van der Waals surface area (Å²) in [6.45, 7) is 4.45. The second kappa shape index (κ2) is 12.5. The first-order valence-corrected chi connectivity index (χ1v) is 11.4. The maximum atomic E-state index is 13.0. The molecule has 0 bridgehead atoms. The lowest BCUT2D eigenvalue weighted by Gasteiger charge is -2.28. The number of benzene rings is 1. The number of hydrogen-bond donors (Lipinski definition) is 4. The minimum Gasteiger partial charge on any atom is -0.356 e. The molecule has 31 heavy (non-hydrogen) atoms. The van der Waals surface area contributed by atoms with Crippen molar-refractivity contribution in [2.45, 2.75) is 64.5 Å². The van der Waals surface area contributed by atoms with Crippen molar-refractivity contribution in [2.75, 3.05) is 6.54 Å². The first kappa shape index (κ1) is 24.9. The maximum Gasteiger partial charge on any atom is 0.243 e. The van der Waals surface area contributed by atoms with Crippen LogP contribution in [0.2, 0.25) is 0 Å². The fourth-order valence-electron chi connectivity index (χ4n) is 3.68. The first-order chi connectivity index (χ1) is 14.8. The molecule has 0 spiro atoms. The zero-order chi connectivity index (χ0) is 22.8. The Bertz CT molecular complexity index is 771. The number of piperidine rings is 1. The molecule has 0 radical (unpaired) electrons. The lowest BCUT2D eigenvalue weighted by atomic mass is 9.91. The third-order valence-electron chi connectivity index (χ3n) is 5.83. The van der Waals surface area contributed by atoms with E-state index in [0.717, 1.165) is 12.0 Å². The second-order valence-corrected chi connectivity index (χ2v) is 8.62. The minimum atomic E-state index is -0.877.